The highest BCUT2D eigenvalue weighted by molar-refractivity contribution is 7.11. The van der Waals surface area contributed by atoms with Crippen molar-refractivity contribution >= 4 is 17.3 Å². The Balaban J connectivity index is 2.62. The third-order valence-corrected chi connectivity index (χ3v) is 4.08. The van der Waals surface area contributed by atoms with Crippen LogP contribution in [0.4, 0.5) is 0 Å². The lowest BCUT2D eigenvalue weighted by Gasteiger charge is -2.24. The number of nitrogens with one attached hydrogen (secondary N) is 2. The van der Waals surface area contributed by atoms with E-state index in [0.29, 0.717) is 13.1 Å². The lowest BCUT2D eigenvalue weighted by molar-refractivity contribution is 0.0268. The molecule has 0 saturated carbocycles. The average Bonchev–Trinajstić information content (AvgIpc) is 2.72. The summed E-state index contributed by atoms with van der Waals surface area (Å²) in [5.74, 6) is 0.795. The summed E-state index contributed by atoms with van der Waals surface area (Å²) in [6, 6.07) is 0. The van der Waals surface area contributed by atoms with Crippen molar-refractivity contribution in [2.45, 2.75) is 46.8 Å². The fraction of sp³-hybridized carbons (Fsp3) is 0.714. The molecule has 0 amide bonds. The number of ether oxygens (including phenoxy) is 1. The minimum absolute atomic E-state index is 0.218. The van der Waals surface area contributed by atoms with Gasteiger partial charge < -0.3 is 15.4 Å². The molecule has 2 N–H and O–H groups in total. The number of hydrogen-bond acceptors (Lipinski definition) is 4. The monoisotopic (exact) mass is 298 g/mol. The predicted molar refractivity (Wildman–Crippen MR) is 85.5 cm³/mol. The van der Waals surface area contributed by atoms with Gasteiger partial charge in [0.1, 0.15) is 5.01 Å². The van der Waals surface area contributed by atoms with E-state index in [1.54, 1.807) is 18.4 Å². The molecule has 0 aliphatic heterocycles. The maximum atomic E-state index is 5.39. The summed E-state index contributed by atoms with van der Waals surface area (Å²) in [4.78, 5) is 10.3. The molecule has 0 saturated heterocycles. The van der Waals surface area contributed by atoms with Crippen molar-refractivity contribution in [1.82, 2.24) is 15.6 Å². The molecule has 6 heteroatoms. The van der Waals surface area contributed by atoms with Crippen LogP contribution in [0.5, 0.6) is 0 Å². The second-order valence-corrected chi connectivity index (χ2v) is 6.55. The molecule has 0 aliphatic carbocycles. The van der Waals surface area contributed by atoms with Crippen molar-refractivity contribution in [3.63, 3.8) is 0 Å². The van der Waals surface area contributed by atoms with Crippen molar-refractivity contribution in [2.24, 2.45) is 4.99 Å². The molecule has 0 fully saturated rings. The van der Waals surface area contributed by atoms with Crippen LogP contribution in [0.15, 0.2) is 4.99 Å². The van der Waals surface area contributed by atoms with E-state index < -0.39 is 0 Å². The van der Waals surface area contributed by atoms with E-state index in [9.17, 15) is 0 Å². The molecule has 0 spiro atoms. The molecular weight excluding hydrogens is 272 g/mol. The Labute approximate surface area is 125 Å². The number of aryl methyl sites for hydroxylation is 2. The molecule has 114 valence electrons. The zero-order valence-corrected chi connectivity index (χ0v) is 14.1. The van der Waals surface area contributed by atoms with Gasteiger partial charge in [0.15, 0.2) is 5.96 Å². The Kier molecular flexibility index (Phi) is 6.42. The summed E-state index contributed by atoms with van der Waals surface area (Å²) < 4.78 is 5.39. The number of aromatic nitrogens is 1. The first-order chi connectivity index (χ1) is 9.38. The minimum atomic E-state index is -0.218. The third kappa shape index (κ3) is 5.46. The van der Waals surface area contributed by atoms with Crippen molar-refractivity contribution in [3.05, 3.63) is 15.6 Å². The van der Waals surface area contributed by atoms with E-state index in [4.69, 9.17) is 4.74 Å². The number of guanidine groups is 1. The Hall–Kier alpha value is -1.14. The molecule has 1 rings (SSSR count). The van der Waals surface area contributed by atoms with Crippen molar-refractivity contribution in [1.29, 1.82) is 0 Å². The first kappa shape index (κ1) is 16.9. The highest BCUT2D eigenvalue weighted by Crippen LogP contribution is 2.16. The first-order valence-electron chi connectivity index (χ1n) is 6.88. The van der Waals surface area contributed by atoms with Gasteiger partial charge in [-0.2, -0.15) is 0 Å². The first-order valence-corrected chi connectivity index (χ1v) is 7.70. The molecule has 1 aromatic heterocycles. The molecule has 5 nitrogen and oxygen atoms in total. The smallest absolute Gasteiger partial charge is 0.191 e. The van der Waals surface area contributed by atoms with Gasteiger partial charge in [-0.3, -0.25) is 0 Å². The topological polar surface area (TPSA) is 58.5 Å². The quantitative estimate of drug-likeness (QED) is 0.625. The maximum absolute atomic E-state index is 5.39. The number of aliphatic imine (C=N–C) groups is 1. The van der Waals surface area contributed by atoms with Gasteiger partial charge in [0, 0.05) is 25.1 Å². The summed E-state index contributed by atoms with van der Waals surface area (Å²) in [6.07, 6.45) is 0. The van der Waals surface area contributed by atoms with Gasteiger partial charge in [-0.25, -0.2) is 9.98 Å². The van der Waals surface area contributed by atoms with Gasteiger partial charge in [0.2, 0.25) is 0 Å². The van der Waals surface area contributed by atoms with Gasteiger partial charge in [0.05, 0.1) is 17.8 Å². The number of hydrogen-bond donors (Lipinski definition) is 2. The minimum Gasteiger partial charge on any atom is -0.377 e. The fourth-order valence-corrected chi connectivity index (χ4v) is 2.32. The SMILES string of the molecule is CCNC(=NCc1nc(C)c(C)s1)NCC(C)(C)OC. The molecule has 0 radical (unpaired) electrons. The van der Waals surface area contributed by atoms with Gasteiger partial charge in [-0.15, -0.1) is 11.3 Å². The van der Waals surface area contributed by atoms with Gasteiger partial charge >= 0.3 is 0 Å². The second kappa shape index (κ2) is 7.59. The van der Waals surface area contributed by atoms with Crippen LogP contribution in [-0.2, 0) is 11.3 Å². The lowest BCUT2D eigenvalue weighted by Crippen LogP contribution is -2.45. The van der Waals surface area contributed by atoms with E-state index in [0.717, 1.165) is 23.2 Å². The van der Waals surface area contributed by atoms with E-state index >= 15 is 0 Å². The van der Waals surface area contributed by atoms with Gasteiger partial charge in [-0.1, -0.05) is 0 Å². The molecule has 1 aromatic rings. The summed E-state index contributed by atoms with van der Waals surface area (Å²) >= 11 is 1.70. The van der Waals surface area contributed by atoms with Gasteiger partial charge in [0.25, 0.3) is 0 Å². The number of methoxy groups -OCH3 is 1. The highest BCUT2D eigenvalue weighted by atomic mass is 32.1. The number of nitrogens with zero attached hydrogens (tertiary/aromatic N) is 2. The summed E-state index contributed by atoms with van der Waals surface area (Å²) in [6.45, 7) is 12.4. The number of thiazole rings is 1. The maximum Gasteiger partial charge on any atom is 0.191 e. The summed E-state index contributed by atoms with van der Waals surface area (Å²) in [5.41, 5.74) is 0.878. The zero-order valence-electron chi connectivity index (χ0n) is 13.3. The predicted octanol–water partition coefficient (Wildman–Crippen LogP) is 2.24. The van der Waals surface area contributed by atoms with Crippen LogP contribution in [0, 0.1) is 13.8 Å². The Morgan fingerprint density at radius 3 is 2.55 bits per heavy atom. The van der Waals surface area contributed by atoms with E-state index in [1.165, 1.54) is 4.88 Å². The fourth-order valence-electron chi connectivity index (χ4n) is 1.46. The Morgan fingerprint density at radius 1 is 1.35 bits per heavy atom. The average molecular weight is 298 g/mol. The Morgan fingerprint density at radius 2 is 2.05 bits per heavy atom. The van der Waals surface area contributed by atoms with Crippen LogP contribution < -0.4 is 10.6 Å². The van der Waals surface area contributed by atoms with Crippen LogP contribution in [0.3, 0.4) is 0 Å². The molecule has 0 bridgehead atoms. The lowest BCUT2D eigenvalue weighted by atomic mass is 10.1. The van der Waals surface area contributed by atoms with E-state index in [-0.39, 0.29) is 5.60 Å². The van der Waals surface area contributed by atoms with Crippen molar-refractivity contribution < 1.29 is 4.74 Å². The largest absolute Gasteiger partial charge is 0.377 e. The van der Waals surface area contributed by atoms with Crippen molar-refractivity contribution in [2.75, 3.05) is 20.2 Å². The summed E-state index contributed by atoms with van der Waals surface area (Å²) in [7, 11) is 1.72. The van der Waals surface area contributed by atoms with Crippen LogP contribution >= 0.6 is 11.3 Å². The van der Waals surface area contributed by atoms with E-state index in [2.05, 4.69) is 34.5 Å². The van der Waals surface area contributed by atoms with Crippen LogP contribution in [0.1, 0.15) is 36.3 Å². The second-order valence-electron chi connectivity index (χ2n) is 5.26. The summed E-state index contributed by atoms with van der Waals surface area (Å²) in [5, 5.41) is 7.57. The van der Waals surface area contributed by atoms with Crippen molar-refractivity contribution in [3.8, 4) is 0 Å². The van der Waals surface area contributed by atoms with Crippen LogP contribution in [-0.4, -0.2) is 36.7 Å². The molecule has 0 atom stereocenters. The molecule has 1 heterocycles. The normalized spacial score (nSPS) is 12.6. The molecule has 0 aromatic carbocycles. The van der Waals surface area contributed by atoms with Crippen LogP contribution in [0.2, 0.25) is 0 Å². The molecule has 0 aliphatic rings. The van der Waals surface area contributed by atoms with Crippen LogP contribution in [0.25, 0.3) is 0 Å². The van der Waals surface area contributed by atoms with Gasteiger partial charge in [-0.05, 0) is 34.6 Å². The molecule has 0 unspecified atom stereocenters. The molecule has 20 heavy (non-hydrogen) atoms. The molecular formula is C14H26N4OS. The Bertz CT molecular complexity index is 435. The zero-order chi connectivity index (χ0) is 15.2. The highest BCUT2D eigenvalue weighted by Gasteiger charge is 2.16. The third-order valence-electron chi connectivity index (χ3n) is 3.02. The van der Waals surface area contributed by atoms with E-state index in [1.807, 2.05) is 20.8 Å². The number of rotatable bonds is 6. The standard InChI is InChI=1S/C14H26N4OS/c1-7-15-13(17-9-14(4,5)19-6)16-8-12-18-10(2)11(3)20-12/h7-9H2,1-6H3,(H2,15,16,17).